The molecule has 0 aliphatic carbocycles. The summed E-state index contributed by atoms with van der Waals surface area (Å²) in [5, 5.41) is 9.38. The van der Waals surface area contributed by atoms with Gasteiger partial charge in [-0.15, -0.1) is 10.2 Å². The summed E-state index contributed by atoms with van der Waals surface area (Å²) in [5.41, 5.74) is 3.27. The van der Waals surface area contributed by atoms with Gasteiger partial charge >= 0.3 is 0 Å². The summed E-state index contributed by atoms with van der Waals surface area (Å²) in [6.45, 7) is 2.18. The van der Waals surface area contributed by atoms with Crippen molar-refractivity contribution < 1.29 is 9.21 Å². The van der Waals surface area contributed by atoms with E-state index in [1.807, 2.05) is 24.3 Å². The van der Waals surface area contributed by atoms with Gasteiger partial charge in [0.25, 0.3) is 0 Å². The number of rotatable bonds is 7. The van der Waals surface area contributed by atoms with Crippen LogP contribution in [0.1, 0.15) is 47.5 Å². The van der Waals surface area contributed by atoms with Gasteiger partial charge in [0.2, 0.25) is 11.8 Å². The zero-order chi connectivity index (χ0) is 19.3. The quantitative estimate of drug-likeness (QED) is 0.416. The maximum Gasteiger partial charge on any atom is 0.248 e. The van der Waals surface area contributed by atoms with Crippen molar-refractivity contribution in [3.8, 4) is 11.5 Å². The van der Waals surface area contributed by atoms with Crippen LogP contribution >= 0.6 is 0 Å². The number of fused-ring (bicyclic) bond motifs is 1. The molecule has 5 heteroatoms. The summed E-state index contributed by atoms with van der Waals surface area (Å²) < 4.78 is 6.01. The molecule has 4 rings (SSSR count). The molecule has 0 unspecified atom stereocenters. The summed E-state index contributed by atoms with van der Waals surface area (Å²) in [5.74, 6) is 1.41. The molecule has 0 bridgehead atoms. The van der Waals surface area contributed by atoms with Crippen LogP contribution in [0.5, 0.6) is 0 Å². The topological polar surface area (TPSA) is 68.9 Å². The van der Waals surface area contributed by atoms with E-state index in [1.54, 1.807) is 12.3 Å². The SMILES string of the molecule is CCC[C@@H](Cc1nnc(-c2ccc(C=O)c3ncccc23)o1)c1ccccc1. The molecule has 2 heterocycles. The molecular formula is C23H21N3O2. The van der Waals surface area contributed by atoms with Crippen molar-refractivity contribution in [1.29, 1.82) is 0 Å². The van der Waals surface area contributed by atoms with Crippen LogP contribution in [-0.2, 0) is 6.42 Å². The fraction of sp³-hybridized carbons (Fsp3) is 0.217. The molecule has 2 aromatic heterocycles. The molecule has 0 saturated carbocycles. The first-order chi connectivity index (χ1) is 13.8. The van der Waals surface area contributed by atoms with Gasteiger partial charge < -0.3 is 4.42 Å². The van der Waals surface area contributed by atoms with Crippen LogP contribution in [0.15, 0.2) is 65.2 Å². The maximum atomic E-state index is 11.3. The highest BCUT2D eigenvalue weighted by Gasteiger charge is 2.18. The molecule has 4 aromatic rings. The molecule has 0 amide bonds. The number of benzene rings is 2. The lowest BCUT2D eigenvalue weighted by Gasteiger charge is -2.14. The standard InChI is InChI=1S/C23H21N3O2/c1-2-7-17(16-8-4-3-5-9-16)14-21-25-26-23(28-21)20-12-11-18(15-27)22-19(20)10-6-13-24-22/h3-6,8-13,15,17H,2,7,14H2,1H3/t17-/m0/s1. The van der Waals surface area contributed by atoms with Crippen LogP contribution in [0.3, 0.4) is 0 Å². The number of pyridine rings is 1. The van der Waals surface area contributed by atoms with Crippen LogP contribution in [0.25, 0.3) is 22.4 Å². The number of hydrogen-bond donors (Lipinski definition) is 0. The van der Waals surface area contributed by atoms with Crippen LogP contribution < -0.4 is 0 Å². The van der Waals surface area contributed by atoms with Crippen molar-refractivity contribution in [2.24, 2.45) is 0 Å². The van der Waals surface area contributed by atoms with Gasteiger partial charge in [0, 0.05) is 29.1 Å². The van der Waals surface area contributed by atoms with Crippen LogP contribution in [0, 0.1) is 0 Å². The lowest BCUT2D eigenvalue weighted by molar-refractivity contribution is 0.112. The van der Waals surface area contributed by atoms with Gasteiger partial charge in [-0.05, 0) is 36.1 Å². The molecule has 1 atom stereocenters. The minimum absolute atomic E-state index is 0.343. The van der Waals surface area contributed by atoms with Crippen molar-refractivity contribution in [1.82, 2.24) is 15.2 Å². The summed E-state index contributed by atoms with van der Waals surface area (Å²) in [6, 6.07) is 17.8. The Labute approximate surface area is 163 Å². The monoisotopic (exact) mass is 371 g/mol. The molecule has 0 aliphatic heterocycles. The first-order valence-corrected chi connectivity index (χ1v) is 9.50. The van der Waals surface area contributed by atoms with Gasteiger partial charge in [-0.25, -0.2) is 0 Å². The Balaban J connectivity index is 1.66. The second-order valence-corrected chi connectivity index (χ2v) is 6.82. The lowest BCUT2D eigenvalue weighted by Crippen LogP contribution is -2.03. The van der Waals surface area contributed by atoms with Crippen molar-refractivity contribution >= 4 is 17.2 Å². The van der Waals surface area contributed by atoms with Crippen LogP contribution in [0.4, 0.5) is 0 Å². The fourth-order valence-corrected chi connectivity index (χ4v) is 3.59. The van der Waals surface area contributed by atoms with Gasteiger partial charge in [0.15, 0.2) is 6.29 Å². The lowest BCUT2D eigenvalue weighted by atomic mass is 9.91. The van der Waals surface area contributed by atoms with E-state index in [-0.39, 0.29) is 0 Å². The van der Waals surface area contributed by atoms with E-state index in [2.05, 4.69) is 46.4 Å². The highest BCUT2D eigenvalue weighted by Crippen LogP contribution is 2.30. The number of carbonyl (C=O) groups excluding carboxylic acids is 1. The Morgan fingerprint density at radius 3 is 2.68 bits per heavy atom. The van der Waals surface area contributed by atoms with Gasteiger partial charge in [-0.2, -0.15) is 0 Å². The summed E-state index contributed by atoms with van der Waals surface area (Å²) in [6.07, 6.45) is 5.33. The first-order valence-electron chi connectivity index (χ1n) is 9.50. The van der Waals surface area contributed by atoms with Crippen LogP contribution in [0.2, 0.25) is 0 Å². The van der Waals surface area contributed by atoms with Crippen molar-refractivity contribution in [2.45, 2.75) is 32.1 Å². The average molecular weight is 371 g/mol. The molecule has 5 nitrogen and oxygen atoms in total. The Morgan fingerprint density at radius 1 is 1.04 bits per heavy atom. The molecular weight excluding hydrogens is 350 g/mol. The second-order valence-electron chi connectivity index (χ2n) is 6.82. The van der Waals surface area contributed by atoms with E-state index in [9.17, 15) is 4.79 Å². The zero-order valence-corrected chi connectivity index (χ0v) is 15.7. The van der Waals surface area contributed by atoms with E-state index < -0.39 is 0 Å². The zero-order valence-electron chi connectivity index (χ0n) is 15.7. The molecule has 28 heavy (non-hydrogen) atoms. The smallest absolute Gasteiger partial charge is 0.248 e. The molecule has 0 aliphatic rings. The van der Waals surface area contributed by atoms with Gasteiger partial charge in [0.1, 0.15) is 0 Å². The second kappa shape index (κ2) is 8.13. The molecule has 140 valence electrons. The van der Waals surface area contributed by atoms with Crippen LogP contribution in [-0.4, -0.2) is 21.5 Å². The van der Waals surface area contributed by atoms with Crippen molar-refractivity contribution in [3.63, 3.8) is 0 Å². The van der Waals surface area contributed by atoms with E-state index in [1.165, 1.54) is 5.56 Å². The third-order valence-corrected chi connectivity index (χ3v) is 4.95. The minimum Gasteiger partial charge on any atom is -0.421 e. The van der Waals surface area contributed by atoms with E-state index in [0.29, 0.717) is 35.2 Å². The molecule has 0 N–H and O–H groups in total. The summed E-state index contributed by atoms with van der Waals surface area (Å²) in [7, 11) is 0. The minimum atomic E-state index is 0.343. The number of nitrogens with zero attached hydrogens (tertiary/aromatic N) is 3. The van der Waals surface area contributed by atoms with Crippen molar-refractivity contribution in [3.05, 3.63) is 77.8 Å². The number of aldehydes is 1. The third kappa shape index (κ3) is 3.56. The number of hydrogen-bond acceptors (Lipinski definition) is 5. The maximum absolute atomic E-state index is 11.3. The number of aromatic nitrogens is 3. The normalized spacial score (nSPS) is 12.2. The highest BCUT2D eigenvalue weighted by molar-refractivity contribution is 6.01. The molecule has 0 radical (unpaired) electrons. The molecule has 0 saturated heterocycles. The first kappa shape index (κ1) is 18.0. The van der Waals surface area contributed by atoms with Crippen molar-refractivity contribution in [2.75, 3.05) is 0 Å². The van der Waals surface area contributed by atoms with Gasteiger partial charge in [-0.3, -0.25) is 9.78 Å². The Kier molecular flexibility index (Phi) is 5.24. The fourth-order valence-electron chi connectivity index (χ4n) is 3.59. The molecule has 0 fully saturated rings. The molecule has 2 aromatic carbocycles. The van der Waals surface area contributed by atoms with Gasteiger partial charge in [0.05, 0.1) is 5.52 Å². The van der Waals surface area contributed by atoms with E-state index >= 15 is 0 Å². The molecule has 0 spiro atoms. The Bertz CT molecular complexity index is 1090. The predicted octanol–water partition coefficient (Wildman–Crippen LogP) is 5.22. The highest BCUT2D eigenvalue weighted by atomic mass is 16.4. The third-order valence-electron chi connectivity index (χ3n) is 4.95. The van der Waals surface area contributed by atoms with Gasteiger partial charge in [-0.1, -0.05) is 49.7 Å². The largest absolute Gasteiger partial charge is 0.421 e. The number of carbonyl (C=O) groups is 1. The summed E-state index contributed by atoms with van der Waals surface area (Å²) in [4.78, 5) is 15.6. The summed E-state index contributed by atoms with van der Waals surface area (Å²) >= 11 is 0. The average Bonchev–Trinajstić information content (AvgIpc) is 3.21. The van der Waals surface area contributed by atoms with E-state index in [4.69, 9.17) is 4.42 Å². The van der Waals surface area contributed by atoms with E-state index in [0.717, 1.165) is 30.1 Å². The Morgan fingerprint density at radius 2 is 1.89 bits per heavy atom. The predicted molar refractivity (Wildman–Crippen MR) is 108 cm³/mol. The Hall–Kier alpha value is -3.34.